The van der Waals surface area contributed by atoms with Crippen molar-refractivity contribution in [3.05, 3.63) is 6.33 Å². The van der Waals surface area contributed by atoms with Crippen LogP contribution in [-0.4, -0.2) is 79.1 Å². The third-order valence-electron chi connectivity index (χ3n) is 5.84. The number of ether oxygens (including phenoxy) is 3. The number of aromatic nitrogens is 4. The Labute approximate surface area is 180 Å². The zero-order chi connectivity index (χ0) is 21.8. The summed E-state index contributed by atoms with van der Waals surface area (Å²) in [7, 11) is 0. The van der Waals surface area contributed by atoms with Crippen LogP contribution in [0.4, 0.5) is 5.82 Å². The average molecular weight is 437 g/mol. The highest BCUT2D eigenvalue weighted by molar-refractivity contribution is 5.82. The number of nitrogen functional groups attached to an aromatic ring is 1. The summed E-state index contributed by atoms with van der Waals surface area (Å²) in [5, 5.41) is 29.8. The molecule has 4 rings (SSSR count). The Bertz CT molecular complexity index is 858. The van der Waals surface area contributed by atoms with Crippen molar-refractivity contribution in [1.29, 1.82) is 0 Å². The second-order valence-corrected chi connectivity index (χ2v) is 8.15. The normalized spacial score (nSPS) is 26.8. The lowest BCUT2D eigenvalue weighted by atomic mass is 10.1. The van der Waals surface area contributed by atoms with Gasteiger partial charge in [0.15, 0.2) is 23.2 Å². The monoisotopic (exact) mass is 437 g/mol. The van der Waals surface area contributed by atoms with Crippen molar-refractivity contribution >= 4 is 17.0 Å². The quantitative estimate of drug-likeness (QED) is 0.386. The smallest absolute Gasteiger partial charge is 0.320 e. The van der Waals surface area contributed by atoms with Gasteiger partial charge in [-0.25, -0.2) is 4.98 Å². The molecule has 5 N–H and O–H groups in total. The number of unbranched alkanes of at least 4 members (excludes halogenated alkanes) is 2. The Morgan fingerprint density at radius 1 is 1.13 bits per heavy atom. The van der Waals surface area contributed by atoms with E-state index in [1.54, 1.807) is 4.57 Å². The van der Waals surface area contributed by atoms with Crippen LogP contribution in [0.25, 0.3) is 11.2 Å². The molecule has 0 spiro atoms. The largest absolute Gasteiger partial charge is 0.460 e. The molecule has 11 nitrogen and oxygen atoms in total. The van der Waals surface area contributed by atoms with Crippen LogP contribution in [0.3, 0.4) is 0 Å². The first kappa shape index (κ1) is 22.2. The number of fused-ring (bicyclic) bond motifs is 1. The van der Waals surface area contributed by atoms with Crippen molar-refractivity contribution in [2.45, 2.75) is 75.6 Å². The van der Waals surface area contributed by atoms with E-state index >= 15 is 0 Å². The predicted octanol–water partition coefficient (Wildman–Crippen LogP) is 0.528. The molecule has 0 bridgehead atoms. The Morgan fingerprint density at radius 2 is 1.94 bits per heavy atom. The van der Waals surface area contributed by atoms with E-state index in [2.05, 4.69) is 15.0 Å². The van der Waals surface area contributed by atoms with Gasteiger partial charge in [0, 0.05) is 13.2 Å². The molecule has 2 aromatic rings. The van der Waals surface area contributed by atoms with E-state index in [4.69, 9.17) is 25.1 Å². The van der Waals surface area contributed by atoms with Crippen LogP contribution < -0.4 is 10.5 Å². The molecule has 0 amide bonds. The zero-order valence-electron chi connectivity index (χ0n) is 17.5. The summed E-state index contributed by atoms with van der Waals surface area (Å²) in [6, 6.07) is 0.175. The maximum atomic E-state index is 10.6. The zero-order valence-corrected chi connectivity index (χ0v) is 17.5. The van der Waals surface area contributed by atoms with Crippen molar-refractivity contribution in [3.8, 4) is 6.01 Å². The highest BCUT2D eigenvalue weighted by atomic mass is 16.6. The summed E-state index contributed by atoms with van der Waals surface area (Å²) in [5.41, 5.74) is 6.81. The molecule has 1 aliphatic carbocycles. The van der Waals surface area contributed by atoms with E-state index in [1.165, 1.54) is 6.33 Å². The van der Waals surface area contributed by atoms with Crippen LogP contribution in [0.2, 0.25) is 0 Å². The van der Waals surface area contributed by atoms with Gasteiger partial charge in [0.1, 0.15) is 24.4 Å². The number of nitrogens with zero attached hydrogens (tertiary/aromatic N) is 4. The van der Waals surface area contributed by atoms with Crippen LogP contribution in [0.5, 0.6) is 6.01 Å². The number of hydrogen-bond acceptors (Lipinski definition) is 10. The van der Waals surface area contributed by atoms with Crippen LogP contribution >= 0.6 is 0 Å². The van der Waals surface area contributed by atoms with Gasteiger partial charge in [-0.3, -0.25) is 4.57 Å². The van der Waals surface area contributed by atoms with Gasteiger partial charge in [0.25, 0.3) is 0 Å². The average Bonchev–Trinajstić information content (AvgIpc) is 3.47. The fourth-order valence-corrected chi connectivity index (χ4v) is 4.10. The Morgan fingerprint density at radius 3 is 2.71 bits per heavy atom. The molecule has 3 heterocycles. The molecular weight excluding hydrogens is 406 g/mol. The highest BCUT2D eigenvalue weighted by Gasteiger charge is 2.44. The van der Waals surface area contributed by atoms with E-state index in [-0.39, 0.29) is 31.1 Å². The second-order valence-electron chi connectivity index (χ2n) is 8.15. The van der Waals surface area contributed by atoms with Crippen molar-refractivity contribution in [1.82, 2.24) is 19.5 Å². The van der Waals surface area contributed by atoms with Crippen molar-refractivity contribution in [2.75, 3.05) is 25.6 Å². The molecule has 172 valence electrons. The van der Waals surface area contributed by atoms with E-state index in [0.717, 1.165) is 44.9 Å². The van der Waals surface area contributed by atoms with E-state index in [9.17, 15) is 10.2 Å². The van der Waals surface area contributed by atoms with Crippen molar-refractivity contribution in [2.24, 2.45) is 0 Å². The number of imidazole rings is 1. The lowest BCUT2D eigenvalue weighted by Crippen LogP contribution is -2.34. The number of anilines is 1. The third kappa shape index (κ3) is 4.90. The first-order valence-electron chi connectivity index (χ1n) is 11.0. The number of aliphatic hydroxyl groups excluding tert-OH is 3. The van der Waals surface area contributed by atoms with Gasteiger partial charge in [-0.2, -0.15) is 9.97 Å². The number of hydrogen-bond donors (Lipinski definition) is 4. The summed E-state index contributed by atoms with van der Waals surface area (Å²) in [4.78, 5) is 12.9. The van der Waals surface area contributed by atoms with Crippen molar-refractivity contribution < 1.29 is 29.5 Å². The molecule has 2 aliphatic rings. The minimum atomic E-state index is -1.18. The molecule has 1 saturated carbocycles. The van der Waals surface area contributed by atoms with Gasteiger partial charge < -0.3 is 35.3 Å². The van der Waals surface area contributed by atoms with Crippen LogP contribution in [0, 0.1) is 0 Å². The fourth-order valence-electron chi connectivity index (χ4n) is 4.10. The first-order chi connectivity index (χ1) is 15.1. The molecule has 11 heteroatoms. The molecule has 2 aromatic heterocycles. The highest BCUT2D eigenvalue weighted by Crippen LogP contribution is 2.33. The molecule has 1 saturated heterocycles. The summed E-state index contributed by atoms with van der Waals surface area (Å²) in [6.07, 6.45) is 4.21. The fraction of sp³-hybridized carbons (Fsp3) is 0.750. The van der Waals surface area contributed by atoms with Gasteiger partial charge in [-0.05, 0) is 44.9 Å². The molecule has 2 fully saturated rings. The van der Waals surface area contributed by atoms with E-state index in [0.29, 0.717) is 17.8 Å². The lowest BCUT2D eigenvalue weighted by Gasteiger charge is -2.17. The van der Waals surface area contributed by atoms with E-state index in [1.807, 2.05) is 0 Å². The molecule has 0 unspecified atom stereocenters. The SMILES string of the molecule is Nc1nc(OC2CCCC2)nc2c1ncn2[C@@H]1O[C@H](COCCCCCO)[C@@H](O)[C@H]1O. The van der Waals surface area contributed by atoms with Gasteiger partial charge in [0.05, 0.1) is 12.9 Å². The maximum Gasteiger partial charge on any atom is 0.320 e. The molecular formula is C20H31N5O6. The molecule has 0 radical (unpaired) electrons. The molecule has 0 aromatic carbocycles. The first-order valence-corrected chi connectivity index (χ1v) is 11.0. The predicted molar refractivity (Wildman–Crippen MR) is 110 cm³/mol. The minimum Gasteiger partial charge on any atom is -0.460 e. The number of aliphatic hydroxyl groups is 3. The standard InChI is InChI=1S/C20H31N5O6/c21-17-14-18(24-20(23-17)30-12-6-2-3-7-12)25(11-22-14)19-16(28)15(27)13(31-19)10-29-9-5-1-4-8-26/h11-13,15-16,19,26-28H,1-10H2,(H2,21,23,24)/t13-,15-,16-,19-/m1/s1. The minimum absolute atomic E-state index is 0.0715. The van der Waals surface area contributed by atoms with Crippen LogP contribution in [-0.2, 0) is 9.47 Å². The Hall–Kier alpha value is -2.05. The van der Waals surface area contributed by atoms with Gasteiger partial charge in [0.2, 0.25) is 0 Å². The maximum absolute atomic E-state index is 10.6. The summed E-state index contributed by atoms with van der Waals surface area (Å²) in [6.45, 7) is 0.805. The van der Waals surface area contributed by atoms with Crippen LogP contribution in [0.1, 0.15) is 51.2 Å². The number of rotatable bonds is 10. The molecule has 1 aliphatic heterocycles. The lowest BCUT2D eigenvalue weighted by molar-refractivity contribution is -0.0657. The van der Waals surface area contributed by atoms with E-state index < -0.39 is 24.5 Å². The second kappa shape index (κ2) is 10.0. The Kier molecular flexibility index (Phi) is 7.18. The third-order valence-corrected chi connectivity index (χ3v) is 5.84. The summed E-state index contributed by atoms with van der Waals surface area (Å²) in [5.74, 6) is 0.188. The van der Waals surface area contributed by atoms with Crippen molar-refractivity contribution in [3.63, 3.8) is 0 Å². The Balaban J connectivity index is 1.45. The summed E-state index contributed by atoms with van der Waals surface area (Å²) < 4.78 is 18.9. The number of nitrogens with two attached hydrogens (primary N) is 1. The topological polar surface area (TPSA) is 158 Å². The molecule has 4 atom stereocenters. The van der Waals surface area contributed by atoms with Gasteiger partial charge in [-0.1, -0.05) is 0 Å². The van der Waals surface area contributed by atoms with Gasteiger partial charge >= 0.3 is 6.01 Å². The van der Waals surface area contributed by atoms with Crippen LogP contribution in [0.15, 0.2) is 6.33 Å². The van der Waals surface area contributed by atoms with Gasteiger partial charge in [-0.15, -0.1) is 0 Å². The molecule has 31 heavy (non-hydrogen) atoms. The summed E-state index contributed by atoms with van der Waals surface area (Å²) >= 11 is 0.